The van der Waals surface area contributed by atoms with Crippen molar-refractivity contribution in [3.05, 3.63) is 56.5 Å². The van der Waals surface area contributed by atoms with Crippen LogP contribution in [-0.4, -0.2) is 22.4 Å². The molecule has 2 N–H and O–H groups in total. The molecule has 0 saturated carbocycles. The first-order chi connectivity index (χ1) is 12.5. The third kappa shape index (κ3) is 6.50. The molecule has 2 aromatic rings. The van der Waals surface area contributed by atoms with Crippen molar-refractivity contribution in [1.29, 1.82) is 0 Å². The summed E-state index contributed by atoms with van der Waals surface area (Å²) in [6.07, 6.45) is 3.20. The number of aromatic amines is 1. The van der Waals surface area contributed by atoms with Gasteiger partial charge in [0.1, 0.15) is 0 Å². The molecule has 0 saturated heterocycles. The summed E-state index contributed by atoms with van der Waals surface area (Å²) in [7, 11) is 0. The van der Waals surface area contributed by atoms with E-state index in [1.807, 2.05) is 24.3 Å². The van der Waals surface area contributed by atoms with Crippen LogP contribution in [0.3, 0.4) is 0 Å². The number of unbranched alkanes of at least 4 members (excludes halogenated alkanes) is 2. The molecule has 140 valence electrons. The van der Waals surface area contributed by atoms with E-state index in [0.717, 1.165) is 24.8 Å². The Kier molecular flexibility index (Phi) is 8.19. The van der Waals surface area contributed by atoms with Crippen LogP contribution in [-0.2, 0) is 17.0 Å². The largest absolute Gasteiger partial charge is 0.356 e. The van der Waals surface area contributed by atoms with Crippen LogP contribution in [0.2, 0.25) is 5.02 Å². The average Bonchev–Trinajstić information content (AvgIpc) is 2.60. The van der Waals surface area contributed by atoms with Crippen LogP contribution in [0.5, 0.6) is 0 Å². The molecule has 0 aliphatic rings. The lowest BCUT2D eigenvalue weighted by Crippen LogP contribution is -2.29. The molecule has 0 atom stereocenters. The van der Waals surface area contributed by atoms with E-state index in [1.54, 1.807) is 6.92 Å². The number of rotatable bonds is 9. The lowest BCUT2D eigenvalue weighted by Gasteiger charge is -2.08. The summed E-state index contributed by atoms with van der Waals surface area (Å²) in [6, 6.07) is 7.57. The predicted octanol–water partition coefficient (Wildman–Crippen LogP) is 3.87. The molecule has 0 bridgehead atoms. The Morgan fingerprint density at radius 1 is 1.35 bits per heavy atom. The highest BCUT2D eigenvalue weighted by molar-refractivity contribution is 7.98. The van der Waals surface area contributed by atoms with Gasteiger partial charge in [0.25, 0.3) is 5.56 Å². The zero-order chi connectivity index (χ0) is 18.9. The zero-order valence-electron chi connectivity index (χ0n) is 15.1. The summed E-state index contributed by atoms with van der Waals surface area (Å²) in [4.78, 5) is 31.5. The summed E-state index contributed by atoms with van der Waals surface area (Å²) in [5.41, 5.74) is 1.81. The summed E-state index contributed by atoms with van der Waals surface area (Å²) < 4.78 is 0. The number of nitrogens with one attached hydrogen (secondary N) is 2. The van der Waals surface area contributed by atoms with Crippen LogP contribution >= 0.6 is 23.4 Å². The number of nitrogens with zero attached hydrogens (tertiary/aromatic N) is 1. The van der Waals surface area contributed by atoms with E-state index in [2.05, 4.69) is 22.2 Å². The first kappa shape index (κ1) is 20.5. The monoisotopic (exact) mass is 393 g/mol. The van der Waals surface area contributed by atoms with Gasteiger partial charge in [-0.1, -0.05) is 55.3 Å². The molecule has 7 heteroatoms. The fraction of sp³-hybridized carbons (Fsp3) is 0.421. The fourth-order valence-corrected chi connectivity index (χ4v) is 3.53. The Hall–Kier alpha value is -1.79. The van der Waals surface area contributed by atoms with Crippen molar-refractivity contribution >= 4 is 29.3 Å². The SMILES string of the molecule is CCCCCNC(=O)Cc1c(C)nc(SCc2cccc(Cl)c2)[nH]c1=O. The van der Waals surface area contributed by atoms with Crippen molar-refractivity contribution < 1.29 is 4.79 Å². The van der Waals surface area contributed by atoms with Crippen LogP contribution in [0.1, 0.15) is 43.0 Å². The van der Waals surface area contributed by atoms with Crippen molar-refractivity contribution in [2.75, 3.05) is 6.54 Å². The van der Waals surface area contributed by atoms with Crippen molar-refractivity contribution in [2.24, 2.45) is 0 Å². The molecule has 0 radical (unpaired) electrons. The van der Waals surface area contributed by atoms with Crippen LogP contribution in [0.4, 0.5) is 0 Å². The molecule has 5 nitrogen and oxygen atoms in total. The summed E-state index contributed by atoms with van der Waals surface area (Å²) in [5.74, 6) is 0.510. The molecule has 26 heavy (non-hydrogen) atoms. The molecule has 2 rings (SSSR count). The second-order valence-electron chi connectivity index (χ2n) is 6.09. The molecule has 1 heterocycles. The molecule has 0 spiro atoms. The number of H-pyrrole nitrogens is 1. The normalized spacial score (nSPS) is 10.7. The van der Waals surface area contributed by atoms with Gasteiger partial charge in [-0.2, -0.15) is 0 Å². The molecule has 1 aromatic heterocycles. The molecule has 0 fully saturated rings. The van der Waals surface area contributed by atoms with Crippen LogP contribution < -0.4 is 10.9 Å². The molecule has 1 aromatic carbocycles. The minimum atomic E-state index is -0.255. The third-order valence-corrected chi connectivity index (χ3v) is 5.08. The number of benzene rings is 1. The van der Waals surface area contributed by atoms with E-state index in [1.165, 1.54) is 11.8 Å². The van der Waals surface area contributed by atoms with E-state index in [9.17, 15) is 9.59 Å². The summed E-state index contributed by atoms with van der Waals surface area (Å²) in [6.45, 7) is 4.52. The quantitative estimate of drug-likeness (QED) is 0.385. The van der Waals surface area contributed by atoms with E-state index < -0.39 is 0 Å². The van der Waals surface area contributed by atoms with E-state index in [4.69, 9.17) is 11.6 Å². The van der Waals surface area contributed by atoms with Gasteiger partial charge in [-0.25, -0.2) is 4.98 Å². The highest BCUT2D eigenvalue weighted by Gasteiger charge is 2.13. The van der Waals surface area contributed by atoms with Gasteiger partial charge in [0.2, 0.25) is 5.91 Å². The smallest absolute Gasteiger partial charge is 0.255 e. The third-order valence-electron chi connectivity index (χ3n) is 3.90. The zero-order valence-corrected chi connectivity index (χ0v) is 16.7. The van der Waals surface area contributed by atoms with Gasteiger partial charge < -0.3 is 10.3 Å². The number of aromatic nitrogens is 2. The van der Waals surface area contributed by atoms with Gasteiger partial charge in [0.05, 0.1) is 6.42 Å². The second kappa shape index (κ2) is 10.4. The van der Waals surface area contributed by atoms with Crippen molar-refractivity contribution in [1.82, 2.24) is 15.3 Å². The van der Waals surface area contributed by atoms with Crippen LogP contribution in [0, 0.1) is 6.92 Å². The summed E-state index contributed by atoms with van der Waals surface area (Å²) >= 11 is 7.41. The molecular weight excluding hydrogens is 370 g/mol. The number of thioether (sulfide) groups is 1. The maximum absolute atomic E-state index is 12.3. The van der Waals surface area contributed by atoms with Crippen molar-refractivity contribution in [2.45, 2.75) is 50.4 Å². The number of amides is 1. The van der Waals surface area contributed by atoms with Gasteiger partial charge in [-0.05, 0) is 31.0 Å². The highest BCUT2D eigenvalue weighted by atomic mass is 35.5. The highest BCUT2D eigenvalue weighted by Crippen LogP contribution is 2.21. The molecule has 0 aliphatic heterocycles. The van der Waals surface area contributed by atoms with Gasteiger partial charge in [-0.15, -0.1) is 0 Å². The van der Waals surface area contributed by atoms with Gasteiger partial charge >= 0.3 is 0 Å². The van der Waals surface area contributed by atoms with Crippen LogP contribution in [0.25, 0.3) is 0 Å². The number of hydrogen-bond donors (Lipinski definition) is 2. The predicted molar refractivity (Wildman–Crippen MR) is 107 cm³/mol. The minimum absolute atomic E-state index is 0.0551. The molecular formula is C19H24ClN3O2S. The number of hydrogen-bond acceptors (Lipinski definition) is 4. The minimum Gasteiger partial charge on any atom is -0.356 e. The van der Waals surface area contributed by atoms with Gasteiger partial charge in [0.15, 0.2) is 5.16 Å². The first-order valence-corrected chi connectivity index (χ1v) is 10.1. The standard InChI is InChI=1S/C19H24ClN3O2S/c1-3-4-5-9-21-17(24)11-16-13(2)22-19(23-18(16)25)26-12-14-7-6-8-15(20)10-14/h6-8,10H,3-5,9,11-12H2,1-2H3,(H,21,24)(H,22,23,25). The Morgan fingerprint density at radius 3 is 2.85 bits per heavy atom. The Labute approximate surface area is 163 Å². The average molecular weight is 394 g/mol. The van der Waals surface area contributed by atoms with E-state index in [0.29, 0.717) is 33.7 Å². The number of aryl methyl sites for hydroxylation is 1. The number of halogens is 1. The Balaban J connectivity index is 1.96. The van der Waals surface area contributed by atoms with E-state index >= 15 is 0 Å². The van der Waals surface area contributed by atoms with Crippen molar-refractivity contribution in [3.8, 4) is 0 Å². The Morgan fingerprint density at radius 2 is 2.15 bits per heavy atom. The molecule has 1 amide bonds. The lowest BCUT2D eigenvalue weighted by molar-refractivity contribution is -0.120. The first-order valence-electron chi connectivity index (χ1n) is 8.73. The lowest BCUT2D eigenvalue weighted by atomic mass is 10.1. The van der Waals surface area contributed by atoms with Crippen LogP contribution in [0.15, 0.2) is 34.2 Å². The Bertz CT molecular complexity index is 808. The number of carbonyl (C=O) groups excluding carboxylic acids is 1. The van der Waals surface area contributed by atoms with Gasteiger partial charge in [0, 0.05) is 28.6 Å². The van der Waals surface area contributed by atoms with E-state index in [-0.39, 0.29) is 17.9 Å². The summed E-state index contributed by atoms with van der Waals surface area (Å²) in [5, 5.41) is 4.07. The fourth-order valence-electron chi connectivity index (χ4n) is 2.47. The second-order valence-corrected chi connectivity index (χ2v) is 7.49. The number of carbonyl (C=O) groups is 1. The molecule has 0 aliphatic carbocycles. The van der Waals surface area contributed by atoms with Gasteiger partial charge in [-0.3, -0.25) is 9.59 Å². The molecule has 0 unspecified atom stereocenters. The maximum Gasteiger partial charge on any atom is 0.255 e. The van der Waals surface area contributed by atoms with Crippen molar-refractivity contribution in [3.63, 3.8) is 0 Å². The topological polar surface area (TPSA) is 74.8 Å². The maximum atomic E-state index is 12.3.